The van der Waals surface area contributed by atoms with Crippen molar-refractivity contribution in [2.24, 2.45) is 0 Å². The van der Waals surface area contributed by atoms with E-state index in [1.165, 1.54) is 17.1 Å². The van der Waals surface area contributed by atoms with Gasteiger partial charge in [0, 0.05) is 6.42 Å². The highest BCUT2D eigenvalue weighted by atomic mass is 32.1. The molecule has 0 saturated carbocycles. The Morgan fingerprint density at radius 1 is 1.22 bits per heavy atom. The van der Waals surface area contributed by atoms with E-state index in [1.807, 2.05) is 0 Å². The Balaban J connectivity index is 2.14. The highest BCUT2D eigenvalue weighted by Gasteiger charge is 2.19. The van der Waals surface area contributed by atoms with E-state index >= 15 is 0 Å². The molecular formula is C14H18N2OS. The highest BCUT2D eigenvalue weighted by molar-refractivity contribution is 7.05. The molecule has 0 bridgehead atoms. The molecule has 1 aromatic carbocycles. The van der Waals surface area contributed by atoms with Crippen molar-refractivity contribution in [3.8, 4) is 0 Å². The number of hydrogen-bond donors (Lipinski definition) is 1. The van der Waals surface area contributed by atoms with Gasteiger partial charge in [-0.05, 0) is 29.9 Å². The van der Waals surface area contributed by atoms with Crippen LogP contribution in [0.15, 0.2) is 24.3 Å². The second-order valence-electron chi connectivity index (χ2n) is 4.88. The Labute approximate surface area is 112 Å². The number of nitrogens with zero attached hydrogens (tertiary/aromatic N) is 2. The van der Waals surface area contributed by atoms with Crippen LogP contribution in [0.25, 0.3) is 0 Å². The summed E-state index contributed by atoms with van der Waals surface area (Å²) in [6, 6.07) is 8.25. The maximum absolute atomic E-state index is 10.3. The summed E-state index contributed by atoms with van der Waals surface area (Å²) in [6.45, 7) is 6.20. The zero-order valence-electron chi connectivity index (χ0n) is 10.9. The van der Waals surface area contributed by atoms with Crippen molar-refractivity contribution >= 4 is 11.5 Å². The first-order valence-corrected chi connectivity index (χ1v) is 6.91. The largest absolute Gasteiger partial charge is 0.387 e. The minimum absolute atomic E-state index is 0.298. The first-order valence-electron chi connectivity index (χ1n) is 6.13. The Morgan fingerprint density at radius 3 is 2.50 bits per heavy atom. The predicted molar refractivity (Wildman–Crippen MR) is 73.8 cm³/mol. The quantitative estimate of drug-likeness (QED) is 0.920. The van der Waals surface area contributed by atoms with E-state index in [-0.39, 0.29) is 0 Å². The van der Waals surface area contributed by atoms with Gasteiger partial charge < -0.3 is 5.11 Å². The van der Waals surface area contributed by atoms with Crippen LogP contribution in [0, 0.1) is 6.92 Å². The van der Waals surface area contributed by atoms with Crippen LogP contribution in [-0.4, -0.2) is 14.7 Å². The standard InChI is InChI=1S/C14H18N2OS/c1-9(2)13-14(18-16-15-13)12(17)8-11-6-4-10(3)5-7-11/h4-7,9,12,17H,8H2,1-3H3. The number of benzene rings is 1. The summed E-state index contributed by atoms with van der Waals surface area (Å²) in [6.07, 6.45) is 0.106. The Kier molecular flexibility index (Phi) is 4.09. The topological polar surface area (TPSA) is 46.0 Å². The molecule has 0 aliphatic heterocycles. The van der Waals surface area contributed by atoms with Gasteiger partial charge in [0.05, 0.1) is 16.7 Å². The number of aliphatic hydroxyl groups is 1. The Bertz CT molecular complexity index is 505. The van der Waals surface area contributed by atoms with E-state index in [0.29, 0.717) is 12.3 Å². The molecule has 0 aliphatic rings. The van der Waals surface area contributed by atoms with E-state index < -0.39 is 6.10 Å². The van der Waals surface area contributed by atoms with Crippen LogP contribution in [-0.2, 0) is 6.42 Å². The van der Waals surface area contributed by atoms with Crippen molar-refractivity contribution in [2.45, 2.75) is 39.2 Å². The number of aromatic nitrogens is 2. The summed E-state index contributed by atoms with van der Waals surface area (Å²) in [7, 11) is 0. The molecule has 1 aromatic heterocycles. The molecule has 0 saturated heterocycles. The van der Waals surface area contributed by atoms with Crippen LogP contribution in [0.5, 0.6) is 0 Å². The third-order valence-electron chi connectivity index (χ3n) is 2.94. The lowest BCUT2D eigenvalue weighted by Gasteiger charge is -2.11. The zero-order chi connectivity index (χ0) is 13.1. The highest BCUT2D eigenvalue weighted by Crippen LogP contribution is 2.28. The summed E-state index contributed by atoms with van der Waals surface area (Å²) >= 11 is 1.30. The van der Waals surface area contributed by atoms with Gasteiger partial charge in [0.25, 0.3) is 0 Å². The van der Waals surface area contributed by atoms with E-state index in [2.05, 4.69) is 54.6 Å². The second kappa shape index (κ2) is 5.59. The van der Waals surface area contributed by atoms with E-state index in [1.54, 1.807) is 0 Å². The van der Waals surface area contributed by atoms with Crippen LogP contribution < -0.4 is 0 Å². The summed E-state index contributed by atoms with van der Waals surface area (Å²) < 4.78 is 3.95. The van der Waals surface area contributed by atoms with Gasteiger partial charge in [-0.15, -0.1) is 5.10 Å². The van der Waals surface area contributed by atoms with Gasteiger partial charge in [-0.1, -0.05) is 48.2 Å². The van der Waals surface area contributed by atoms with Crippen LogP contribution >= 0.6 is 11.5 Å². The number of aliphatic hydroxyl groups excluding tert-OH is 1. The second-order valence-corrected chi connectivity index (χ2v) is 5.67. The van der Waals surface area contributed by atoms with Crippen molar-refractivity contribution in [3.05, 3.63) is 46.0 Å². The lowest BCUT2D eigenvalue weighted by molar-refractivity contribution is 0.180. The molecular weight excluding hydrogens is 244 g/mol. The van der Waals surface area contributed by atoms with Crippen molar-refractivity contribution in [3.63, 3.8) is 0 Å². The smallest absolute Gasteiger partial charge is 0.0957 e. The molecule has 2 rings (SSSR count). The molecule has 1 N–H and O–H groups in total. The molecule has 0 fully saturated rings. The van der Waals surface area contributed by atoms with Crippen molar-refractivity contribution < 1.29 is 5.11 Å². The molecule has 0 aliphatic carbocycles. The molecule has 3 nitrogen and oxygen atoms in total. The first-order chi connectivity index (χ1) is 8.58. The normalized spacial score (nSPS) is 12.9. The van der Waals surface area contributed by atoms with Gasteiger partial charge in [-0.3, -0.25) is 0 Å². The number of hydrogen-bond acceptors (Lipinski definition) is 4. The van der Waals surface area contributed by atoms with Gasteiger partial charge in [-0.25, -0.2) is 0 Å². The van der Waals surface area contributed by atoms with Crippen molar-refractivity contribution in [1.29, 1.82) is 0 Å². The molecule has 0 amide bonds. The molecule has 0 radical (unpaired) electrons. The third-order valence-corrected chi connectivity index (χ3v) is 3.78. The van der Waals surface area contributed by atoms with Gasteiger partial charge in [0.2, 0.25) is 0 Å². The zero-order valence-corrected chi connectivity index (χ0v) is 11.7. The molecule has 1 heterocycles. The van der Waals surface area contributed by atoms with E-state index in [4.69, 9.17) is 0 Å². The molecule has 1 atom stereocenters. The SMILES string of the molecule is Cc1ccc(CC(O)c2snnc2C(C)C)cc1. The molecule has 2 aromatic rings. The summed E-state index contributed by atoms with van der Waals surface area (Å²) in [4.78, 5) is 0.894. The summed E-state index contributed by atoms with van der Waals surface area (Å²) in [5.41, 5.74) is 3.28. The number of aryl methyl sites for hydroxylation is 1. The lowest BCUT2D eigenvalue weighted by atomic mass is 10.0. The van der Waals surface area contributed by atoms with Crippen LogP contribution in [0.4, 0.5) is 0 Å². The minimum Gasteiger partial charge on any atom is -0.387 e. The average Bonchev–Trinajstić information content (AvgIpc) is 2.81. The van der Waals surface area contributed by atoms with Crippen LogP contribution in [0.2, 0.25) is 0 Å². The third kappa shape index (κ3) is 2.94. The number of rotatable bonds is 4. The van der Waals surface area contributed by atoms with Crippen LogP contribution in [0.3, 0.4) is 0 Å². The molecule has 4 heteroatoms. The van der Waals surface area contributed by atoms with Crippen LogP contribution in [0.1, 0.15) is 47.6 Å². The fraction of sp³-hybridized carbons (Fsp3) is 0.429. The van der Waals surface area contributed by atoms with Crippen molar-refractivity contribution in [1.82, 2.24) is 9.59 Å². The maximum atomic E-state index is 10.3. The fourth-order valence-electron chi connectivity index (χ4n) is 1.88. The molecule has 18 heavy (non-hydrogen) atoms. The predicted octanol–water partition coefficient (Wildman–Crippen LogP) is 3.25. The van der Waals surface area contributed by atoms with Gasteiger partial charge in [0.1, 0.15) is 0 Å². The van der Waals surface area contributed by atoms with Gasteiger partial charge >= 0.3 is 0 Å². The minimum atomic E-state index is -0.509. The fourth-order valence-corrected chi connectivity index (χ4v) is 2.67. The maximum Gasteiger partial charge on any atom is 0.0957 e. The Morgan fingerprint density at radius 2 is 1.89 bits per heavy atom. The van der Waals surface area contributed by atoms with E-state index in [9.17, 15) is 5.11 Å². The van der Waals surface area contributed by atoms with Gasteiger partial charge in [-0.2, -0.15) is 0 Å². The monoisotopic (exact) mass is 262 g/mol. The Hall–Kier alpha value is -1.26. The van der Waals surface area contributed by atoms with Crippen molar-refractivity contribution in [2.75, 3.05) is 0 Å². The average molecular weight is 262 g/mol. The lowest BCUT2D eigenvalue weighted by Crippen LogP contribution is -2.04. The summed E-state index contributed by atoms with van der Waals surface area (Å²) in [5.74, 6) is 0.298. The summed E-state index contributed by atoms with van der Waals surface area (Å²) in [5, 5.41) is 14.4. The first kappa shape index (κ1) is 13.2. The van der Waals surface area contributed by atoms with Gasteiger partial charge in [0.15, 0.2) is 0 Å². The van der Waals surface area contributed by atoms with E-state index in [0.717, 1.165) is 16.1 Å². The molecule has 0 spiro atoms. The molecule has 1 unspecified atom stereocenters. The molecule has 96 valence electrons.